The third-order valence-corrected chi connectivity index (χ3v) is 3.89. The highest BCUT2D eigenvalue weighted by Gasteiger charge is 2.35. The molecule has 0 bridgehead atoms. The number of nitrogens with one attached hydrogen (secondary N) is 1. The van der Waals surface area contributed by atoms with Crippen LogP contribution in [0.5, 0.6) is 0 Å². The molecule has 0 heterocycles. The molecule has 0 aromatic carbocycles. The van der Waals surface area contributed by atoms with Gasteiger partial charge in [-0.05, 0) is 39.7 Å². The molecule has 0 spiro atoms. The number of ether oxygens (including phenoxy) is 1. The number of carbonyl (C=O) groups excluding carboxylic acids is 1. The summed E-state index contributed by atoms with van der Waals surface area (Å²) in [6.07, 6.45) is 6.89. The zero-order valence-corrected chi connectivity index (χ0v) is 10.8. The molecule has 0 radical (unpaired) electrons. The highest BCUT2D eigenvalue weighted by molar-refractivity contribution is 5.70. The van der Waals surface area contributed by atoms with Crippen LogP contribution in [0.1, 0.15) is 52.4 Å². The Balaban J connectivity index is 2.56. The first kappa shape index (κ1) is 13.5. The number of esters is 1. The van der Waals surface area contributed by atoms with Gasteiger partial charge in [-0.15, -0.1) is 0 Å². The monoisotopic (exact) mass is 227 g/mol. The van der Waals surface area contributed by atoms with Crippen LogP contribution in [-0.2, 0) is 9.53 Å². The summed E-state index contributed by atoms with van der Waals surface area (Å²) in [6.45, 7) is 4.48. The molecule has 16 heavy (non-hydrogen) atoms. The molecule has 1 atom stereocenters. The average molecular weight is 227 g/mol. The first-order valence-electron chi connectivity index (χ1n) is 6.47. The second-order valence-corrected chi connectivity index (χ2v) is 4.98. The molecule has 3 heteroatoms. The van der Waals surface area contributed by atoms with Gasteiger partial charge in [-0.2, -0.15) is 0 Å². The maximum absolute atomic E-state index is 11.6. The first-order valence-corrected chi connectivity index (χ1v) is 6.47. The molecule has 1 aliphatic rings. The fraction of sp³-hybridized carbons (Fsp3) is 0.923. The smallest absolute Gasteiger partial charge is 0.307 e. The summed E-state index contributed by atoms with van der Waals surface area (Å²) in [5.41, 5.74) is -0.0906. The second-order valence-electron chi connectivity index (χ2n) is 4.98. The Bertz CT molecular complexity index is 224. The summed E-state index contributed by atoms with van der Waals surface area (Å²) >= 11 is 0. The van der Waals surface area contributed by atoms with Crippen LogP contribution in [0, 0.1) is 5.92 Å². The van der Waals surface area contributed by atoms with E-state index in [-0.39, 0.29) is 11.5 Å². The summed E-state index contributed by atoms with van der Waals surface area (Å²) in [7, 11) is 1.95. The lowest BCUT2D eigenvalue weighted by Crippen LogP contribution is -2.49. The van der Waals surface area contributed by atoms with E-state index in [9.17, 15) is 4.79 Å². The standard InChI is InChI=1S/C13H25NO2/c1-4-16-12(15)10-13(2,14-3)11-8-6-5-7-9-11/h11,14H,4-10H2,1-3H3. The molecule has 1 saturated carbocycles. The zero-order chi connectivity index (χ0) is 12.0. The van der Waals surface area contributed by atoms with Crippen molar-refractivity contribution in [2.24, 2.45) is 5.92 Å². The summed E-state index contributed by atoms with van der Waals surface area (Å²) in [5, 5.41) is 3.34. The molecule has 1 N–H and O–H groups in total. The van der Waals surface area contributed by atoms with Crippen LogP contribution in [0.2, 0.25) is 0 Å². The van der Waals surface area contributed by atoms with Crippen molar-refractivity contribution in [3.63, 3.8) is 0 Å². The maximum atomic E-state index is 11.6. The molecule has 1 aliphatic carbocycles. The van der Waals surface area contributed by atoms with Gasteiger partial charge in [-0.25, -0.2) is 0 Å². The quantitative estimate of drug-likeness (QED) is 0.733. The van der Waals surface area contributed by atoms with Crippen molar-refractivity contribution in [1.82, 2.24) is 5.32 Å². The van der Waals surface area contributed by atoms with Gasteiger partial charge in [0.1, 0.15) is 0 Å². The average Bonchev–Trinajstić information content (AvgIpc) is 2.30. The van der Waals surface area contributed by atoms with Crippen LogP contribution in [0.25, 0.3) is 0 Å². The molecule has 0 saturated heterocycles. The first-order chi connectivity index (χ1) is 7.62. The van der Waals surface area contributed by atoms with Gasteiger partial charge in [0.25, 0.3) is 0 Å². The Morgan fingerprint density at radius 1 is 1.38 bits per heavy atom. The van der Waals surface area contributed by atoms with E-state index in [1.807, 2.05) is 14.0 Å². The molecule has 0 aromatic rings. The third kappa shape index (κ3) is 3.48. The highest BCUT2D eigenvalue weighted by Crippen LogP contribution is 2.34. The predicted octanol–water partition coefficient (Wildman–Crippen LogP) is 2.50. The van der Waals surface area contributed by atoms with Crippen molar-refractivity contribution in [2.45, 2.75) is 57.9 Å². The van der Waals surface area contributed by atoms with Crippen molar-refractivity contribution in [2.75, 3.05) is 13.7 Å². The second kappa shape index (κ2) is 6.24. The van der Waals surface area contributed by atoms with Crippen LogP contribution < -0.4 is 5.32 Å². The van der Waals surface area contributed by atoms with E-state index in [2.05, 4.69) is 12.2 Å². The third-order valence-electron chi connectivity index (χ3n) is 3.89. The molecule has 1 unspecified atom stereocenters. The van der Waals surface area contributed by atoms with Gasteiger partial charge >= 0.3 is 5.97 Å². The van der Waals surface area contributed by atoms with Gasteiger partial charge in [0.15, 0.2) is 0 Å². The maximum Gasteiger partial charge on any atom is 0.307 e. The van der Waals surface area contributed by atoms with Crippen LogP contribution in [0.4, 0.5) is 0 Å². The molecule has 94 valence electrons. The van der Waals surface area contributed by atoms with Gasteiger partial charge in [0, 0.05) is 5.54 Å². The lowest BCUT2D eigenvalue weighted by Gasteiger charge is -2.39. The molecule has 1 fully saturated rings. The van der Waals surface area contributed by atoms with Crippen LogP contribution >= 0.6 is 0 Å². The van der Waals surface area contributed by atoms with E-state index in [0.29, 0.717) is 18.9 Å². The molecule has 0 amide bonds. The van der Waals surface area contributed by atoms with E-state index in [1.54, 1.807) is 0 Å². The van der Waals surface area contributed by atoms with E-state index in [1.165, 1.54) is 32.1 Å². The van der Waals surface area contributed by atoms with Crippen molar-refractivity contribution < 1.29 is 9.53 Å². The van der Waals surface area contributed by atoms with Crippen molar-refractivity contribution >= 4 is 5.97 Å². The van der Waals surface area contributed by atoms with Gasteiger partial charge in [0.2, 0.25) is 0 Å². The minimum atomic E-state index is -0.0906. The molecule has 3 nitrogen and oxygen atoms in total. The zero-order valence-electron chi connectivity index (χ0n) is 10.8. The predicted molar refractivity (Wildman–Crippen MR) is 65.3 cm³/mol. The van der Waals surface area contributed by atoms with Crippen molar-refractivity contribution in [3.05, 3.63) is 0 Å². The number of hydrogen-bond donors (Lipinski definition) is 1. The van der Waals surface area contributed by atoms with E-state index >= 15 is 0 Å². The van der Waals surface area contributed by atoms with Crippen molar-refractivity contribution in [1.29, 1.82) is 0 Å². The lowest BCUT2D eigenvalue weighted by atomic mass is 9.74. The molecule has 0 aliphatic heterocycles. The summed E-state index contributed by atoms with van der Waals surface area (Å²) in [4.78, 5) is 11.6. The fourth-order valence-electron chi connectivity index (χ4n) is 2.69. The Kier molecular flexibility index (Phi) is 5.26. The summed E-state index contributed by atoms with van der Waals surface area (Å²) in [6, 6.07) is 0. The van der Waals surface area contributed by atoms with Gasteiger partial charge < -0.3 is 10.1 Å². The van der Waals surface area contributed by atoms with Gasteiger partial charge in [-0.1, -0.05) is 19.3 Å². The molecular formula is C13H25NO2. The highest BCUT2D eigenvalue weighted by atomic mass is 16.5. The van der Waals surface area contributed by atoms with Crippen molar-refractivity contribution in [3.8, 4) is 0 Å². The normalized spacial score (nSPS) is 21.4. The fourth-order valence-corrected chi connectivity index (χ4v) is 2.69. The molecule has 1 rings (SSSR count). The number of carbonyl (C=O) groups is 1. The van der Waals surface area contributed by atoms with E-state index in [4.69, 9.17) is 4.74 Å². The molecular weight excluding hydrogens is 202 g/mol. The van der Waals surface area contributed by atoms with Crippen LogP contribution in [0.3, 0.4) is 0 Å². The Morgan fingerprint density at radius 2 is 2.00 bits per heavy atom. The summed E-state index contributed by atoms with van der Waals surface area (Å²) < 4.78 is 5.05. The Morgan fingerprint density at radius 3 is 2.50 bits per heavy atom. The van der Waals surface area contributed by atoms with Crippen LogP contribution in [0.15, 0.2) is 0 Å². The van der Waals surface area contributed by atoms with E-state index in [0.717, 1.165) is 0 Å². The largest absolute Gasteiger partial charge is 0.466 e. The SMILES string of the molecule is CCOC(=O)CC(C)(NC)C1CCCCC1. The molecule has 0 aromatic heterocycles. The topological polar surface area (TPSA) is 38.3 Å². The van der Waals surface area contributed by atoms with E-state index < -0.39 is 0 Å². The Labute approximate surface area is 98.9 Å². The van der Waals surface area contributed by atoms with Gasteiger partial charge in [0.05, 0.1) is 13.0 Å². The summed E-state index contributed by atoms with van der Waals surface area (Å²) in [5.74, 6) is 0.528. The Hall–Kier alpha value is -0.570. The number of rotatable bonds is 5. The lowest BCUT2D eigenvalue weighted by molar-refractivity contribution is -0.145. The van der Waals surface area contributed by atoms with Crippen LogP contribution in [-0.4, -0.2) is 25.2 Å². The minimum Gasteiger partial charge on any atom is -0.466 e. The number of hydrogen-bond acceptors (Lipinski definition) is 3. The minimum absolute atomic E-state index is 0.0788. The van der Waals surface area contributed by atoms with Gasteiger partial charge in [-0.3, -0.25) is 4.79 Å².